The van der Waals surface area contributed by atoms with Crippen molar-refractivity contribution in [2.24, 2.45) is 0 Å². The standard InChI is InChI=1S/C19H23N3/c1-2-10-21-11-12-22-18-8-5-9-20-17(18)13-15-6-3-4-7-16(15)19(22)14-21/h3-9,19H,2,10-14H2,1H3. The zero-order valence-electron chi connectivity index (χ0n) is 13.2. The Labute approximate surface area is 132 Å². The van der Waals surface area contributed by atoms with Gasteiger partial charge in [-0.1, -0.05) is 31.2 Å². The lowest BCUT2D eigenvalue weighted by molar-refractivity contribution is 0.224. The van der Waals surface area contributed by atoms with E-state index in [9.17, 15) is 0 Å². The van der Waals surface area contributed by atoms with E-state index in [4.69, 9.17) is 0 Å². The van der Waals surface area contributed by atoms with E-state index in [2.05, 4.69) is 58.1 Å². The number of rotatable bonds is 2. The molecular weight excluding hydrogens is 270 g/mol. The van der Waals surface area contributed by atoms with Gasteiger partial charge in [0, 0.05) is 32.3 Å². The molecule has 0 bridgehead atoms. The molecule has 2 aromatic rings. The lowest BCUT2D eigenvalue weighted by Gasteiger charge is -2.42. The lowest BCUT2D eigenvalue weighted by Crippen LogP contribution is -2.48. The Morgan fingerprint density at radius 2 is 2.05 bits per heavy atom. The van der Waals surface area contributed by atoms with Crippen LogP contribution in [0.2, 0.25) is 0 Å². The highest BCUT2D eigenvalue weighted by Gasteiger charge is 2.33. The maximum Gasteiger partial charge on any atom is 0.0680 e. The number of aromatic nitrogens is 1. The number of hydrogen-bond donors (Lipinski definition) is 0. The summed E-state index contributed by atoms with van der Waals surface area (Å²) in [4.78, 5) is 9.86. The molecule has 4 rings (SSSR count). The van der Waals surface area contributed by atoms with Crippen LogP contribution in [0.1, 0.15) is 36.2 Å². The van der Waals surface area contributed by atoms with Crippen molar-refractivity contribution in [3.63, 3.8) is 0 Å². The van der Waals surface area contributed by atoms with Crippen LogP contribution in [0.25, 0.3) is 0 Å². The van der Waals surface area contributed by atoms with E-state index in [1.165, 1.54) is 35.5 Å². The summed E-state index contributed by atoms with van der Waals surface area (Å²) >= 11 is 0. The van der Waals surface area contributed by atoms with Crippen molar-refractivity contribution >= 4 is 5.69 Å². The van der Waals surface area contributed by atoms with Crippen molar-refractivity contribution in [3.8, 4) is 0 Å². The third-order valence-corrected chi connectivity index (χ3v) is 4.95. The maximum absolute atomic E-state index is 4.67. The molecule has 1 unspecified atom stereocenters. The van der Waals surface area contributed by atoms with E-state index < -0.39 is 0 Å². The fraction of sp³-hybridized carbons (Fsp3) is 0.421. The molecule has 1 aromatic carbocycles. The van der Waals surface area contributed by atoms with Crippen LogP contribution in [0, 0.1) is 0 Å². The predicted molar refractivity (Wildman–Crippen MR) is 90.3 cm³/mol. The molecule has 0 N–H and O–H groups in total. The van der Waals surface area contributed by atoms with Gasteiger partial charge in [0.2, 0.25) is 0 Å². The van der Waals surface area contributed by atoms with Crippen LogP contribution in [-0.4, -0.2) is 36.1 Å². The van der Waals surface area contributed by atoms with Crippen LogP contribution in [0.15, 0.2) is 42.6 Å². The van der Waals surface area contributed by atoms with Crippen LogP contribution in [0.4, 0.5) is 5.69 Å². The van der Waals surface area contributed by atoms with Crippen molar-refractivity contribution in [1.82, 2.24) is 9.88 Å². The fourth-order valence-electron chi connectivity index (χ4n) is 3.94. The Kier molecular flexibility index (Phi) is 3.59. The predicted octanol–water partition coefficient (Wildman–Crippen LogP) is 3.26. The Morgan fingerprint density at radius 3 is 2.95 bits per heavy atom. The SMILES string of the molecule is CCCN1CCN2c3cccnc3Cc3ccccc3C2C1. The van der Waals surface area contributed by atoms with Crippen LogP contribution < -0.4 is 4.90 Å². The Hall–Kier alpha value is -1.87. The summed E-state index contributed by atoms with van der Waals surface area (Å²) in [6.07, 6.45) is 4.11. The summed E-state index contributed by atoms with van der Waals surface area (Å²) in [6, 6.07) is 13.7. The van der Waals surface area contributed by atoms with E-state index in [-0.39, 0.29) is 0 Å². The second kappa shape index (κ2) is 5.73. The van der Waals surface area contributed by atoms with Gasteiger partial charge in [0.15, 0.2) is 0 Å². The molecular formula is C19H23N3. The second-order valence-corrected chi connectivity index (χ2v) is 6.35. The van der Waals surface area contributed by atoms with Gasteiger partial charge in [-0.3, -0.25) is 9.88 Å². The molecule has 0 aliphatic carbocycles. The number of nitrogens with zero attached hydrogens (tertiary/aromatic N) is 3. The summed E-state index contributed by atoms with van der Waals surface area (Å²) < 4.78 is 0. The second-order valence-electron chi connectivity index (χ2n) is 6.35. The average Bonchev–Trinajstić information content (AvgIpc) is 2.69. The van der Waals surface area contributed by atoms with E-state index in [0.717, 1.165) is 26.1 Å². The Balaban J connectivity index is 1.80. The summed E-state index contributed by atoms with van der Waals surface area (Å²) in [5.74, 6) is 0. The largest absolute Gasteiger partial charge is 0.360 e. The highest BCUT2D eigenvalue weighted by molar-refractivity contribution is 5.58. The van der Waals surface area contributed by atoms with E-state index in [1.54, 1.807) is 0 Å². The number of pyridine rings is 1. The van der Waals surface area contributed by atoms with Gasteiger partial charge in [-0.25, -0.2) is 0 Å². The number of fused-ring (bicyclic) bond motifs is 5. The monoisotopic (exact) mass is 293 g/mol. The van der Waals surface area contributed by atoms with Gasteiger partial charge in [0.1, 0.15) is 0 Å². The van der Waals surface area contributed by atoms with E-state index >= 15 is 0 Å². The van der Waals surface area contributed by atoms with Crippen molar-refractivity contribution in [2.75, 3.05) is 31.1 Å². The quantitative estimate of drug-likeness (QED) is 0.847. The molecule has 1 aromatic heterocycles. The highest BCUT2D eigenvalue weighted by Crippen LogP contribution is 2.38. The van der Waals surface area contributed by atoms with Gasteiger partial charge < -0.3 is 4.90 Å². The Bertz CT molecular complexity index is 667. The minimum absolute atomic E-state index is 0.460. The van der Waals surface area contributed by atoms with Gasteiger partial charge in [-0.2, -0.15) is 0 Å². The molecule has 0 amide bonds. The van der Waals surface area contributed by atoms with E-state index in [1.807, 2.05) is 6.20 Å². The molecule has 114 valence electrons. The van der Waals surface area contributed by atoms with Gasteiger partial charge >= 0.3 is 0 Å². The molecule has 2 aliphatic rings. The molecule has 3 nitrogen and oxygen atoms in total. The molecule has 0 saturated carbocycles. The minimum atomic E-state index is 0.460. The average molecular weight is 293 g/mol. The summed E-state index contributed by atoms with van der Waals surface area (Å²) in [6.45, 7) is 6.84. The van der Waals surface area contributed by atoms with Crippen LogP contribution >= 0.6 is 0 Å². The zero-order chi connectivity index (χ0) is 14.9. The maximum atomic E-state index is 4.67. The molecule has 0 radical (unpaired) electrons. The van der Waals surface area contributed by atoms with Gasteiger partial charge in [-0.05, 0) is 36.2 Å². The van der Waals surface area contributed by atoms with Crippen molar-refractivity contribution in [2.45, 2.75) is 25.8 Å². The number of benzene rings is 1. The first-order valence-electron chi connectivity index (χ1n) is 8.37. The third kappa shape index (κ3) is 2.30. The summed E-state index contributed by atoms with van der Waals surface area (Å²) in [5.41, 5.74) is 5.48. The molecule has 1 fully saturated rings. The smallest absolute Gasteiger partial charge is 0.0680 e. The van der Waals surface area contributed by atoms with Crippen LogP contribution in [-0.2, 0) is 6.42 Å². The zero-order valence-corrected chi connectivity index (χ0v) is 13.2. The summed E-state index contributed by atoms with van der Waals surface area (Å²) in [7, 11) is 0. The molecule has 1 atom stereocenters. The first kappa shape index (κ1) is 13.8. The van der Waals surface area contributed by atoms with Crippen molar-refractivity contribution in [1.29, 1.82) is 0 Å². The molecule has 0 spiro atoms. The number of piperazine rings is 1. The highest BCUT2D eigenvalue weighted by atomic mass is 15.3. The number of anilines is 1. The first-order chi connectivity index (χ1) is 10.9. The molecule has 22 heavy (non-hydrogen) atoms. The summed E-state index contributed by atoms with van der Waals surface area (Å²) in [5, 5.41) is 0. The van der Waals surface area contributed by atoms with Gasteiger partial charge in [0.25, 0.3) is 0 Å². The number of hydrogen-bond acceptors (Lipinski definition) is 3. The van der Waals surface area contributed by atoms with Gasteiger partial charge in [0.05, 0.1) is 17.4 Å². The molecule has 3 heterocycles. The van der Waals surface area contributed by atoms with Crippen LogP contribution in [0.3, 0.4) is 0 Å². The molecule has 1 saturated heterocycles. The van der Waals surface area contributed by atoms with Crippen molar-refractivity contribution in [3.05, 3.63) is 59.4 Å². The van der Waals surface area contributed by atoms with Crippen LogP contribution in [0.5, 0.6) is 0 Å². The van der Waals surface area contributed by atoms with Crippen molar-refractivity contribution < 1.29 is 0 Å². The molecule has 3 heteroatoms. The third-order valence-electron chi connectivity index (χ3n) is 4.95. The topological polar surface area (TPSA) is 19.4 Å². The van der Waals surface area contributed by atoms with Gasteiger partial charge in [-0.15, -0.1) is 0 Å². The lowest BCUT2D eigenvalue weighted by atomic mass is 9.96. The normalized spacial score (nSPS) is 20.8. The first-order valence-corrected chi connectivity index (χ1v) is 8.37. The van der Waals surface area contributed by atoms with E-state index in [0.29, 0.717) is 6.04 Å². The Morgan fingerprint density at radius 1 is 1.14 bits per heavy atom. The molecule has 2 aliphatic heterocycles. The minimum Gasteiger partial charge on any atom is -0.360 e. The fourth-order valence-corrected chi connectivity index (χ4v) is 3.94.